The molecule has 1 heterocycles. The Labute approximate surface area is 98.0 Å². The number of allylic oxidation sites excluding steroid dienone is 2. The third-order valence-electron chi connectivity index (χ3n) is 3.31. The molecule has 0 aromatic heterocycles. The number of rotatable bonds is 0. The van der Waals surface area contributed by atoms with Crippen LogP contribution in [0.4, 0.5) is 11.4 Å². The molecule has 0 bridgehead atoms. The molecule has 4 atom stereocenters. The van der Waals surface area contributed by atoms with E-state index in [1.165, 1.54) is 6.08 Å². The van der Waals surface area contributed by atoms with Crippen LogP contribution in [0.1, 0.15) is 0 Å². The number of aliphatic hydroxyl groups excluding tert-OH is 1. The molecule has 3 N–H and O–H groups in total. The van der Waals surface area contributed by atoms with Crippen LogP contribution in [0, 0.1) is 10.4 Å². The first kappa shape index (κ1) is 10.5. The molecule has 5 nitrogen and oxygen atoms in total. The zero-order valence-corrected chi connectivity index (χ0v) is 8.96. The van der Waals surface area contributed by atoms with Gasteiger partial charge in [0.2, 0.25) is 6.04 Å². The third kappa shape index (κ3) is 1.41. The van der Waals surface area contributed by atoms with Crippen molar-refractivity contribution in [2.75, 3.05) is 0 Å². The van der Waals surface area contributed by atoms with E-state index < -0.39 is 12.1 Å². The third-order valence-corrected chi connectivity index (χ3v) is 3.31. The second kappa shape index (κ2) is 3.68. The molecule has 0 spiro atoms. The van der Waals surface area contributed by atoms with Gasteiger partial charge in [-0.2, -0.15) is 0 Å². The van der Waals surface area contributed by atoms with Crippen LogP contribution < -0.4 is 10.1 Å². The molecule has 0 amide bonds. The van der Waals surface area contributed by atoms with Gasteiger partial charge in [-0.05, 0) is 12.2 Å². The quantitative estimate of drug-likeness (QED) is 0.527. The summed E-state index contributed by atoms with van der Waals surface area (Å²) in [6.07, 6.45) is 4.77. The Morgan fingerprint density at radius 1 is 1.06 bits per heavy atom. The Morgan fingerprint density at radius 2 is 1.71 bits per heavy atom. The second-order valence-corrected chi connectivity index (χ2v) is 4.25. The van der Waals surface area contributed by atoms with Gasteiger partial charge in [0.15, 0.2) is 23.2 Å². The van der Waals surface area contributed by atoms with Crippen LogP contribution in [-0.4, -0.2) is 17.2 Å². The molecule has 5 heteroatoms. The van der Waals surface area contributed by atoms with Crippen molar-refractivity contribution in [2.24, 2.45) is 0 Å². The molecule has 17 heavy (non-hydrogen) atoms. The van der Waals surface area contributed by atoms with Crippen molar-refractivity contribution in [2.45, 2.75) is 12.1 Å². The molecule has 1 aliphatic heterocycles. The van der Waals surface area contributed by atoms with Gasteiger partial charge in [0.05, 0.1) is 0 Å². The summed E-state index contributed by atoms with van der Waals surface area (Å²) >= 11 is 0. The minimum atomic E-state index is -0.734. The Hall–Kier alpha value is -1.66. The first-order valence-electron chi connectivity index (χ1n) is 5.45. The summed E-state index contributed by atoms with van der Waals surface area (Å²) in [6, 6.07) is 5.48. The van der Waals surface area contributed by atoms with Crippen molar-refractivity contribution >= 4 is 11.4 Å². The van der Waals surface area contributed by atoms with E-state index in [4.69, 9.17) is 0 Å². The SMILES string of the molecule is [O-][NH+]1c2ccccc2[NH+]([O-])C2C(O)=CC=CC21. The van der Waals surface area contributed by atoms with E-state index in [1.54, 1.807) is 36.4 Å². The van der Waals surface area contributed by atoms with Crippen molar-refractivity contribution in [1.29, 1.82) is 0 Å². The lowest BCUT2D eigenvalue weighted by molar-refractivity contribution is -0.904. The number of quaternary nitrogens is 2. The monoisotopic (exact) mass is 232 g/mol. The maximum Gasteiger partial charge on any atom is 0.206 e. The van der Waals surface area contributed by atoms with Crippen molar-refractivity contribution in [3.63, 3.8) is 0 Å². The predicted octanol–water partition coefficient (Wildman–Crippen LogP) is -0.522. The Bertz CT molecular complexity index is 512. The summed E-state index contributed by atoms with van der Waals surface area (Å²) < 4.78 is 0. The molecule has 0 radical (unpaired) electrons. The van der Waals surface area contributed by atoms with Gasteiger partial charge in [0, 0.05) is 12.1 Å². The van der Waals surface area contributed by atoms with Crippen LogP contribution in [0.3, 0.4) is 0 Å². The molecule has 1 aliphatic carbocycles. The van der Waals surface area contributed by atoms with E-state index in [9.17, 15) is 15.5 Å². The zero-order chi connectivity index (χ0) is 12.0. The number of para-hydroxylation sites is 2. The maximum absolute atomic E-state index is 12.2. The van der Waals surface area contributed by atoms with E-state index in [2.05, 4.69) is 0 Å². The van der Waals surface area contributed by atoms with Crippen LogP contribution in [0.5, 0.6) is 0 Å². The summed E-state index contributed by atoms with van der Waals surface area (Å²) in [6.45, 7) is 0. The number of hydrogen-bond donors (Lipinski definition) is 3. The minimum Gasteiger partial charge on any atom is -0.628 e. The van der Waals surface area contributed by atoms with E-state index in [0.29, 0.717) is 11.4 Å². The fourth-order valence-electron chi connectivity index (χ4n) is 2.47. The van der Waals surface area contributed by atoms with E-state index in [-0.39, 0.29) is 15.9 Å². The first-order valence-corrected chi connectivity index (χ1v) is 5.45. The van der Waals surface area contributed by atoms with E-state index in [0.717, 1.165) is 0 Å². The molecule has 0 fully saturated rings. The Kier molecular flexibility index (Phi) is 2.27. The highest BCUT2D eigenvalue weighted by Gasteiger charge is 2.43. The summed E-state index contributed by atoms with van der Waals surface area (Å²) in [5, 5.41) is 33.9. The highest BCUT2D eigenvalue weighted by atomic mass is 16.5. The van der Waals surface area contributed by atoms with Gasteiger partial charge in [0.1, 0.15) is 0 Å². The van der Waals surface area contributed by atoms with Crippen LogP contribution in [0.2, 0.25) is 0 Å². The molecule has 1 aromatic carbocycles. The van der Waals surface area contributed by atoms with Gasteiger partial charge in [-0.25, -0.2) is 0 Å². The van der Waals surface area contributed by atoms with Gasteiger partial charge in [0.25, 0.3) is 0 Å². The van der Waals surface area contributed by atoms with E-state index in [1.807, 2.05) is 0 Å². The minimum absolute atomic E-state index is 0.0228. The van der Waals surface area contributed by atoms with Gasteiger partial charge in [-0.15, -0.1) is 0 Å². The number of nitrogens with one attached hydrogen (secondary N) is 2. The molecular weight excluding hydrogens is 220 g/mol. The van der Waals surface area contributed by atoms with Crippen LogP contribution in [-0.2, 0) is 0 Å². The van der Waals surface area contributed by atoms with Gasteiger partial charge in [-0.1, -0.05) is 18.2 Å². The van der Waals surface area contributed by atoms with E-state index >= 15 is 0 Å². The largest absolute Gasteiger partial charge is 0.628 e. The summed E-state index contributed by atoms with van der Waals surface area (Å²) in [7, 11) is 0. The number of aliphatic hydroxyl groups is 1. The second-order valence-electron chi connectivity index (χ2n) is 4.25. The highest BCUT2D eigenvalue weighted by molar-refractivity contribution is 5.53. The lowest BCUT2D eigenvalue weighted by Crippen LogP contribution is -3.22. The molecule has 2 aliphatic rings. The van der Waals surface area contributed by atoms with Gasteiger partial charge >= 0.3 is 0 Å². The molecule has 4 unspecified atom stereocenters. The summed E-state index contributed by atoms with van der Waals surface area (Å²) in [5.41, 5.74) is 0.868. The van der Waals surface area contributed by atoms with Crippen molar-refractivity contribution in [1.82, 2.24) is 0 Å². The Morgan fingerprint density at radius 3 is 2.41 bits per heavy atom. The molecule has 0 saturated heterocycles. The number of hydroxylamine groups is 2. The highest BCUT2D eigenvalue weighted by Crippen LogP contribution is 2.21. The standard InChI is InChI=1S/C12H12N2O3/c15-11-7-3-6-10-12(11)14(17)9-5-2-1-4-8(9)13(10)16/h1-7,10,12-15H. The first-order chi connectivity index (χ1) is 8.20. The smallest absolute Gasteiger partial charge is 0.206 e. The molecule has 88 valence electrons. The van der Waals surface area contributed by atoms with Crippen LogP contribution in [0.15, 0.2) is 48.3 Å². The fraction of sp³-hybridized carbons (Fsp3) is 0.167. The predicted molar refractivity (Wildman–Crippen MR) is 61.8 cm³/mol. The zero-order valence-electron chi connectivity index (χ0n) is 8.96. The molecule has 0 saturated carbocycles. The number of hydrogen-bond acceptors (Lipinski definition) is 3. The average Bonchev–Trinajstić information content (AvgIpc) is 2.36. The van der Waals surface area contributed by atoms with Crippen LogP contribution in [0.25, 0.3) is 0 Å². The topological polar surface area (TPSA) is 75.2 Å². The Balaban J connectivity index is 2.15. The van der Waals surface area contributed by atoms with Gasteiger partial charge < -0.3 is 25.6 Å². The summed E-state index contributed by atoms with van der Waals surface area (Å²) in [4.78, 5) is 0. The summed E-state index contributed by atoms with van der Waals surface area (Å²) in [5.74, 6) is -0.0228. The average molecular weight is 232 g/mol. The fourth-order valence-corrected chi connectivity index (χ4v) is 2.47. The lowest BCUT2D eigenvalue weighted by atomic mass is 9.96. The molecule has 1 aromatic rings. The van der Waals surface area contributed by atoms with Crippen molar-refractivity contribution in [3.05, 3.63) is 58.7 Å². The number of fused-ring (bicyclic) bond motifs is 2. The number of benzene rings is 1. The van der Waals surface area contributed by atoms with Crippen molar-refractivity contribution in [3.8, 4) is 0 Å². The lowest BCUT2D eigenvalue weighted by Gasteiger charge is -2.44. The van der Waals surface area contributed by atoms with Gasteiger partial charge in [-0.3, -0.25) is 0 Å². The van der Waals surface area contributed by atoms with Crippen molar-refractivity contribution < 1.29 is 15.2 Å². The normalized spacial score (nSPS) is 34.8. The maximum atomic E-state index is 12.2. The molecular formula is C12H12N2O3. The van der Waals surface area contributed by atoms with Crippen LogP contribution >= 0.6 is 0 Å². The molecule has 3 rings (SSSR count).